The molecule has 0 saturated heterocycles. The standard InChI is InChI=1S/C13H18F3NO2/c1-2-5-18-6-7-19-12-4-3-11(13(14,15)16)8-10(12)9-17/h3-4,8H,2,5-7,9,17H2,1H3. The Bertz CT molecular complexity index is 394. The molecule has 0 spiro atoms. The van der Waals surface area contributed by atoms with Crippen molar-refractivity contribution in [2.75, 3.05) is 19.8 Å². The van der Waals surface area contributed by atoms with Gasteiger partial charge in [-0.05, 0) is 24.6 Å². The molecular formula is C13H18F3NO2. The minimum atomic E-state index is -4.37. The zero-order valence-corrected chi connectivity index (χ0v) is 10.8. The second-order valence-corrected chi connectivity index (χ2v) is 3.99. The summed E-state index contributed by atoms with van der Waals surface area (Å²) in [6, 6.07) is 3.30. The summed E-state index contributed by atoms with van der Waals surface area (Å²) in [5.41, 5.74) is 5.05. The molecule has 1 aromatic rings. The highest BCUT2D eigenvalue weighted by Crippen LogP contribution is 2.32. The molecule has 0 aliphatic rings. The van der Waals surface area contributed by atoms with Crippen molar-refractivity contribution >= 4 is 0 Å². The molecule has 0 fully saturated rings. The van der Waals surface area contributed by atoms with E-state index >= 15 is 0 Å². The van der Waals surface area contributed by atoms with Gasteiger partial charge in [-0.3, -0.25) is 0 Å². The van der Waals surface area contributed by atoms with Gasteiger partial charge in [0.05, 0.1) is 12.2 Å². The number of alkyl halides is 3. The fourth-order valence-corrected chi connectivity index (χ4v) is 1.51. The van der Waals surface area contributed by atoms with Gasteiger partial charge in [0.2, 0.25) is 0 Å². The Balaban J connectivity index is 2.63. The van der Waals surface area contributed by atoms with Crippen molar-refractivity contribution in [1.82, 2.24) is 0 Å². The van der Waals surface area contributed by atoms with Crippen LogP contribution in [-0.4, -0.2) is 19.8 Å². The Kier molecular flexibility index (Phi) is 6.11. The monoisotopic (exact) mass is 277 g/mol. The van der Waals surface area contributed by atoms with Crippen LogP contribution < -0.4 is 10.5 Å². The molecule has 0 aliphatic carbocycles. The van der Waals surface area contributed by atoms with Gasteiger partial charge in [0.15, 0.2) is 0 Å². The lowest BCUT2D eigenvalue weighted by Gasteiger charge is -2.13. The Morgan fingerprint density at radius 1 is 1.16 bits per heavy atom. The van der Waals surface area contributed by atoms with Crippen LogP contribution in [-0.2, 0) is 17.5 Å². The number of ether oxygens (including phenoxy) is 2. The highest BCUT2D eigenvalue weighted by atomic mass is 19.4. The van der Waals surface area contributed by atoms with Crippen molar-refractivity contribution in [2.45, 2.75) is 26.1 Å². The second-order valence-electron chi connectivity index (χ2n) is 3.99. The topological polar surface area (TPSA) is 44.5 Å². The van der Waals surface area contributed by atoms with Gasteiger partial charge in [-0.1, -0.05) is 6.92 Å². The van der Waals surface area contributed by atoms with E-state index in [1.807, 2.05) is 6.92 Å². The number of benzene rings is 1. The Hall–Kier alpha value is -1.27. The van der Waals surface area contributed by atoms with E-state index < -0.39 is 11.7 Å². The SMILES string of the molecule is CCCOCCOc1ccc(C(F)(F)F)cc1CN. The number of rotatable bonds is 7. The lowest BCUT2D eigenvalue weighted by molar-refractivity contribution is -0.137. The van der Waals surface area contributed by atoms with Crippen molar-refractivity contribution in [1.29, 1.82) is 0 Å². The first-order chi connectivity index (χ1) is 8.99. The summed E-state index contributed by atoms with van der Waals surface area (Å²) >= 11 is 0. The Labute approximate surface area is 110 Å². The average Bonchev–Trinajstić information content (AvgIpc) is 2.37. The van der Waals surface area contributed by atoms with Crippen LogP contribution in [0.1, 0.15) is 24.5 Å². The zero-order valence-electron chi connectivity index (χ0n) is 10.8. The van der Waals surface area contributed by atoms with Gasteiger partial charge in [0, 0.05) is 18.7 Å². The van der Waals surface area contributed by atoms with Gasteiger partial charge in [0.25, 0.3) is 0 Å². The van der Waals surface area contributed by atoms with Gasteiger partial charge in [-0.2, -0.15) is 13.2 Å². The molecule has 2 N–H and O–H groups in total. The largest absolute Gasteiger partial charge is 0.491 e. The third-order valence-electron chi connectivity index (χ3n) is 2.44. The molecule has 0 amide bonds. The molecule has 0 bridgehead atoms. The van der Waals surface area contributed by atoms with E-state index in [1.54, 1.807) is 0 Å². The molecule has 1 aromatic carbocycles. The molecule has 0 unspecified atom stereocenters. The van der Waals surface area contributed by atoms with Crippen LogP contribution in [0.3, 0.4) is 0 Å². The van der Waals surface area contributed by atoms with Gasteiger partial charge in [0.1, 0.15) is 12.4 Å². The molecule has 108 valence electrons. The molecule has 0 aliphatic heterocycles. The summed E-state index contributed by atoms with van der Waals surface area (Å²) in [6.45, 7) is 3.32. The van der Waals surface area contributed by atoms with Crippen LogP contribution in [0.5, 0.6) is 5.75 Å². The van der Waals surface area contributed by atoms with E-state index in [4.69, 9.17) is 15.2 Å². The van der Waals surface area contributed by atoms with E-state index in [9.17, 15) is 13.2 Å². The molecule has 0 radical (unpaired) electrons. The molecule has 6 heteroatoms. The number of halogens is 3. The summed E-state index contributed by atoms with van der Waals surface area (Å²) in [6.07, 6.45) is -3.46. The lowest BCUT2D eigenvalue weighted by Crippen LogP contribution is -2.11. The molecule has 0 aromatic heterocycles. The summed E-state index contributed by atoms with van der Waals surface area (Å²) in [5.74, 6) is 0.371. The van der Waals surface area contributed by atoms with Crippen molar-refractivity contribution in [3.05, 3.63) is 29.3 Å². The third-order valence-corrected chi connectivity index (χ3v) is 2.44. The maximum atomic E-state index is 12.5. The zero-order chi connectivity index (χ0) is 14.3. The number of hydrogen-bond donors (Lipinski definition) is 1. The predicted molar refractivity (Wildman–Crippen MR) is 65.9 cm³/mol. The van der Waals surface area contributed by atoms with E-state index in [-0.39, 0.29) is 6.54 Å². The average molecular weight is 277 g/mol. The van der Waals surface area contributed by atoms with Gasteiger partial charge in [-0.25, -0.2) is 0 Å². The Morgan fingerprint density at radius 3 is 2.47 bits per heavy atom. The van der Waals surface area contributed by atoms with Gasteiger partial charge < -0.3 is 15.2 Å². The second kappa shape index (κ2) is 7.35. The lowest BCUT2D eigenvalue weighted by atomic mass is 10.1. The minimum absolute atomic E-state index is 0.00489. The molecule has 3 nitrogen and oxygen atoms in total. The van der Waals surface area contributed by atoms with Crippen LogP contribution in [0.15, 0.2) is 18.2 Å². The van der Waals surface area contributed by atoms with Gasteiger partial charge >= 0.3 is 6.18 Å². The smallest absolute Gasteiger partial charge is 0.416 e. The first-order valence-corrected chi connectivity index (χ1v) is 6.09. The first-order valence-electron chi connectivity index (χ1n) is 6.09. The Morgan fingerprint density at radius 2 is 1.89 bits per heavy atom. The quantitative estimate of drug-likeness (QED) is 0.779. The third kappa shape index (κ3) is 5.08. The summed E-state index contributed by atoms with van der Waals surface area (Å²) in [4.78, 5) is 0. The fourth-order valence-electron chi connectivity index (χ4n) is 1.51. The molecule has 0 heterocycles. The normalized spacial score (nSPS) is 11.6. The maximum Gasteiger partial charge on any atom is 0.416 e. The molecule has 1 rings (SSSR count). The summed E-state index contributed by atoms with van der Waals surface area (Å²) in [5, 5.41) is 0. The van der Waals surface area contributed by atoms with E-state index in [0.29, 0.717) is 31.1 Å². The summed E-state index contributed by atoms with van der Waals surface area (Å²) in [7, 11) is 0. The van der Waals surface area contributed by atoms with Crippen LogP contribution in [0, 0.1) is 0 Å². The maximum absolute atomic E-state index is 12.5. The highest BCUT2D eigenvalue weighted by molar-refractivity contribution is 5.38. The van der Waals surface area contributed by atoms with Crippen LogP contribution in [0.25, 0.3) is 0 Å². The van der Waals surface area contributed by atoms with E-state index in [0.717, 1.165) is 18.6 Å². The van der Waals surface area contributed by atoms with E-state index in [1.165, 1.54) is 6.07 Å². The first kappa shape index (κ1) is 15.8. The van der Waals surface area contributed by atoms with Gasteiger partial charge in [-0.15, -0.1) is 0 Å². The molecule has 0 atom stereocenters. The minimum Gasteiger partial charge on any atom is -0.491 e. The van der Waals surface area contributed by atoms with Crippen molar-refractivity contribution < 1.29 is 22.6 Å². The van der Waals surface area contributed by atoms with Crippen molar-refractivity contribution in [3.8, 4) is 5.75 Å². The van der Waals surface area contributed by atoms with Crippen LogP contribution >= 0.6 is 0 Å². The van der Waals surface area contributed by atoms with Crippen molar-refractivity contribution in [3.63, 3.8) is 0 Å². The molecular weight excluding hydrogens is 259 g/mol. The predicted octanol–water partition coefficient (Wildman–Crippen LogP) is 2.97. The molecule has 19 heavy (non-hydrogen) atoms. The van der Waals surface area contributed by atoms with Crippen LogP contribution in [0.2, 0.25) is 0 Å². The number of nitrogens with two attached hydrogens (primary N) is 1. The van der Waals surface area contributed by atoms with Crippen LogP contribution in [0.4, 0.5) is 13.2 Å². The summed E-state index contributed by atoms with van der Waals surface area (Å²) < 4.78 is 48.2. The highest BCUT2D eigenvalue weighted by Gasteiger charge is 2.30. The van der Waals surface area contributed by atoms with Crippen molar-refractivity contribution in [2.24, 2.45) is 5.73 Å². The van der Waals surface area contributed by atoms with E-state index in [2.05, 4.69) is 0 Å². The number of hydrogen-bond acceptors (Lipinski definition) is 3. The fraction of sp³-hybridized carbons (Fsp3) is 0.538. The molecule has 0 saturated carbocycles.